The third-order valence-electron chi connectivity index (χ3n) is 2.88. The normalized spacial score (nSPS) is 15.6. The number of thiophene rings is 1. The quantitative estimate of drug-likeness (QED) is 0.842. The zero-order chi connectivity index (χ0) is 13.0. The highest BCUT2D eigenvalue weighted by atomic mass is 32.1. The molecule has 1 amide bonds. The lowest BCUT2D eigenvalue weighted by molar-refractivity contribution is -0.117. The lowest BCUT2D eigenvalue weighted by atomic mass is 10.3. The van der Waals surface area contributed by atoms with Crippen molar-refractivity contribution in [1.29, 1.82) is 0 Å². The van der Waals surface area contributed by atoms with Crippen molar-refractivity contribution in [2.24, 2.45) is 0 Å². The van der Waals surface area contributed by atoms with E-state index >= 15 is 0 Å². The fourth-order valence-corrected chi connectivity index (χ4v) is 2.76. The Morgan fingerprint density at radius 3 is 2.83 bits per heavy atom. The molecule has 0 radical (unpaired) electrons. The molecule has 1 aliphatic heterocycles. The highest BCUT2D eigenvalue weighted by Crippen LogP contribution is 2.23. The largest absolute Gasteiger partial charge is 0.465 e. The zero-order valence-electron chi connectivity index (χ0n) is 10.3. The Hall–Kier alpha value is -1.40. The van der Waals surface area contributed by atoms with Crippen LogP contribution in [0.5, 0.6) is 0 Å². The van der Waals surface area contributed by atoms with Gasteiger partial charge in [-0.25, -0.2) is 4.79 Å². The number of anilines is 1. The molecule has 1 aromatic heterocycles. The van der Waals surface area contributed by atoms with E-state index in [2.05, 4.69) is 15.0 Å². The predicted molar refractivity (Wildman–Crippen MR) is 70.0 cm³/mol. The van der Waals surface area contributed by atoms with Crippen LogP contribution < -0.4 is 5.32 Å². The van der Waals surface area contributed by atoms with Gasteiger partial charge in [0.15, 0.2) is 0 Å². The number of nitrogens with zero attached hydrogens (tertiary/aromatic N) is 1. The van der Waals surface area contributed by atoms with Crippen molar-refractivity contribution in [1.82, 2.24) is 4.90 Å². The van der Waals surface area contributed by atoms with Gasteiger partial charge in [0.05, 0.1) is 19.3 Å². The lowest BCUT2D eigenvalue weighted by Gasteiger charge is -2.13. The first-order valence-electron chi connectivity index (χ1n) is 5.88. The summed E-state index contributed by atoms with van der Waals surface area (Å²) in [5, 5.41) is 4.52. The Labute approximate surface area is 110 Å². The average Bonchev–Trinajstić information content (AvgIpc) is 2.99. The molecule has 1 aliphatic rings. The van der Waals surface area contributed by atoms with Crippen molar-refractivity contribution >= 4 is 28.9 Å². The Balaban J connectivity index is 1.94. The Morgan fingerprint density at radius 1 is 1.44 bits per heavy atom. The second-order valence-electron chi connectivity index (χ2n) is 4.19. The summed E-state index contributed by atoms with van der Waals surface area (Å²) < 4.78 is 4.66. The Bertz CT molecular complexity index is 438. The first kappa shape index (κ1) is 13.0. The molecule has 0 aromatic carbocycles. The van der Waals surface area contributed by atoms with E-state index in [4.69, 9.17) is 0 Å². The van der Waals surface area contributed by atoms with Gasteiger partial charge in [-0.3, -0.25) is 9.69 Å². The van der Waals surface area contributed by atoms with Crippen LogP contribution in [0.25, 0.3) is 0 Å². The van der Waals surface area contributed by atoms with Crippen molar-refractivity contribution in [2.45, 2.75) is 12.8 Å². The topological polar surface area (TPSA) is 58.6 Å². The van der Waals surface area contributed by atoms with Crippen molar-refractivity contribution in [3.05, 3.63) is 16.3 Å². The first-order chi connectivity index (χ1) is 8.70. The molecule has 1 aromatic rings. The van der Waals surface area contributed by atoms with Crippen molar-refractivity contribution in [3.63, 3.8) is 0 Å². The maximum absolute atomic E-state index is 11.8. The molecule has 0 spiro atoms. The van der Waals surface area contributed by atoms with E-state index in [9.17, 15) is 9.59 Å². The summed E-state index contributed by atoms with van der Waals surface area (Å²) in [7, 11) is 1.33. The van der Waals surface area contributed by atoms with Gasteiger partial charge in [0.25, 0.3) is 0 Å². The summed E-state index contributed by atoms with van der Waals surface area (Å²) in [5.41, 5.74) is 0.538. The van der Waals surface area contributed by atoms with Gasteiger partial charge in [-0.2, -0.15) is 0 Å². The highest BCUT2D eigenvalue weighted by molar-refractivity contribution is 7.12. The number of amides is 1. The molecule has 1 saturated heterocycles. The number of rotatable bonds is 4. The maximum Gasteiger partial charge on any atom is 0.350 e. The molecular formula is C12H16N2O3S. The van der Waals surface area contributed by atoms with Crippen molar-refractivity contribution in [3.8, 4) is 0 Å². The molecule has 18 heavy (non-hydrogen) atoms. The second kappa shape index (κ2) is 5.97. The molecule has 0 aliphatic carbocycles. The molecule has 1 N–H and O–H groups in total. The van der Waals surface area contributed by atoms with Gasteiger partial charge < -0.3 is 10.1 Å². The van der Waals surface area contributed by atoms with Crippen LogP contribution in [0.4, 0.5) is 5.69 Å². The summed E-state index contributed by atoms with van der Waals surface area (Å²) >= 11 is 1.26. The van der Waals surface area contributed by atoms with Crippen LogP contribution in [0.3, 0.4) is 0 Å². The van der Waals surface area contributed by atoms with Crippen molar-refractivity contribution < 1.29 is 14.3 Å². The first-order valence-corrected chi connectivity index (χ1v) is 6.76. The zero-order valence-corrected chi connectivity index (χ0v) is 11.1. The number of ether oxygens (including phenoxy) is 1. The molecule has 0 saturated carbocycles. The maximum atomic E-state index is 11.8. The monoisotopic (exact) mass is 268 g/mol. The van der Waals surface area contributed by atoms with E-state index in [0.29, 0.717) is 17.1 Å². The summed E-state index contributed by atoms with van der Waals surface area (Å²) in [5.74, 6) is -0.498. The van der Waals surface area contributed by atoms with Crippen LogP contribution in [-0.2, 0) is 9.53 Å². The van der Waals surface area contributed by atoms with Crippen LogP contribution in [0.15, 0.2) is 11.4 Å². The van der Waals surface area contributed by atoms with Gasteiger partial charge in [0, 0.05) is 0 Å². The van der Waals surface area contributed by atoms with E-state index in [-0.39, 0.29) is 5.91 Å². The molecular weight excluding hydrogens is 252 g/mol. The number of carbonyl (C=O) groups excluding carboxylic acids is 2. The van der Waals surface area contributed by atoms with Crippen LogP contribution in [0.2, 0.25) is 0 Å². The number of esters is 1. The fraction of sp³-hybridized carbons (Fsp3) is 0.500. The van der Waals surface area contributed by atoms with Gasteiger partial charge in [-0.05, 0) is 37.4 Å². The Morgan fingerprint density at radius 2 is 2.17 bits per heavy atom. The number of hydrogen-bond acceptors (Lipinski definition) is 5. The van der Waals surface area contributed by atoms with Gasteiger partial charge in [-0.15, -0.1) is 11.3 Å². The molecule has 0 atom stereocenters. The number of likely N-dealkylation sites (tertiary alicyclic amines) is 1. The second-order valence-corrected chi connectivity index (χ2v) is 5.10. The fourth-order valence-electron chi connectivity index (χ4n) is 1.99. The van der Waals surface area contributed by atoms with Crippen LogP contribution in [0.1, 0.15) is 22.5 Å². The number of methoxy groups -OCH3 is 1. The van der Waals surface area contributed by atoms with E-state index in [1.165, 1.54) is 18.4 Å². The molecule has 98 valence electrons. The molecule has 6 heteroatoms. The van der Waals surface area contributed by atoms with Gasteiger partial charge in [0.2, 0.25) is 5.91 Å². The smallest absolute Gasteiger partial charge is 0.350 e. The third kappa shape index (κ3) is 3.08. The molecule has 2 rings (SSSR count). The molecule has 1 fully saturated rings. The number of nitrogens with one attached hydrogen (secondary N) is 1. The summed E-state index contributed by atoms with van der Waals surface area (Å²) in [4.78, 5) is 25.8. The SMILES string of the molecule is COC(=O)c1sccc1NC(=O)CN1CCCC1. The predicted octanol–water partition coefficient (Wildman–Crippen LogP) is 1.57. The minimum absolute atomic E-state index is 0.0829. The Kier molecular flexibility index (Phi) is 4.33. The van der Waals surface area contributed by atoms with E-state index in [0.717, 1.165) is 25.9 Å². The minimum Gasteiger partial charge on any atom is -0.465 e. The minimum atomic E-state index is -0.415. The van der Waals surface area contributed by atoms with Gasteiger partial charge >= 0.3 is 5.97 Å². The van der Waals surface area contributed by atoms with Crippen LogP contribution >= 0.6 is 11.3 Å². The van der Waals surface area contributed by atoms with E-state index in [1.807, 2.05) is 0 Å². The molecule has 0 unspecified atom stereocenters. The molecule has 5 nitrogen and oxygen atoms in total. The third-order valence-corrected chi connectivity index (χ3v) is 3.77. The van der Waals surface area contributed by atoms with Gasteiger partial charge in [0.1, 0.15) is 4.88 Å². The average molecular weight is 268 g/mol. The van der Waals surface area contributed by atoms with E-state index in [1.54, 1.807) is 11.4 Å². The highest BCUT2D eigenvalue weighted by Gasteiger charge is 2.18. The number of carbonyl (C=O) groups is 2. The van der Waals surface area contributed by atoms with Crippen LogP contribution in [-0.4, -0.2) is 43.5 Å². The van der Waals surface area contributed by atoms with Gasteiger partial charge in [-0.1, -0.05) is 0 Å². The van der Waals surface area contributed by atoms with E-state index < -0.39 is 5.97 Å². The van der Waals surface area contributed by atoms with Crippen LogP contribution in [0, 0.1) is 0 Å². The lowest BCUT2D eigenvalue weighted by Crippen LogP contribution is -2.31. The summed E-state index contributed by atoms with van der Waals surface area (Å²) in [6.07, 6.45) is 2.30. The number of hydrogen-bond donors (Lipinski definition) is 1. The standard InChI is InChI=1S/C12H16N2O3S/c1-17-12(16)11-9(4-7-18-11)13-10(15)8-14-5-2-3-6-14/h4,7H,2-3,5-6,8H2,1H3,(H,13,15). The molecule has 2 heterocycles. The molecule has 0 bridgehead atoms. The summed E-state index contributed by atoms with van der Waals surface area (Å²) in [6.45, 7) is 2.33. The van der Waals surface area contributed by atoms with Crippen molar-refractivity contribution in [2.75, 3.05) is 32.1 Å². The summed E-state index contributed by atoms with van der Waals surface area (Å²) in [6, 6.07) is 1.72.